The molecule has 0 amide bonds. The number of hydrogen-bond acceptors (Lipinski definition) is 2. The molecule has 3 rings (SSSR count). The maximum atomic E-state index is 13.4. The molecule has 1 aromatic heterocycles. The smallest absolute Gasteiger partial charge is 0.139 e. The van der Waals surface area contributed by atoms with Crippen LogP contribution in [0.25, 0.3) is 11.0 Å². The van der Waals surface area contributed by atoms with Gasteiger partial charge in [0.05, 0.1) is 20.8 Å². The van der Waals surface area contributed by atoms with Crippen LogP contribution in [0, 0.1) is 5.82 Å². The number of fused-ring (bicyclic) bond motifs is 1. The van der Waals surface area contributed by atoms with E-state index in [0.29, 0.717) is 9.72 Å². The standard InChI is InChI=1S/C12H12BrFN2S/c13-7-5-9-10(6-8(7)14)16-12(15-9)11-3-1-2-4-17-11/h5-6,11H,1-4H2,(H,15,16). The van der Waals surface area contributed by atoms with Crippen LogP contribution in [0.2, 0.25) is 0 Å². The molecule has 1 aliphatic rings. The summed E-state index contributed by atoms with van der Waals surface area (Å²) in [6.07, 6.45) is 3.71. The number of H-pyrrole nitrogens is 1. The second-order valence-corrected chi connectivity index (χ2v) is 6.43. The first-order valence-electron chi connectivity index (χ1n) is 5.70. The van der Waals surface area contributed by atoms with E-state index in [2.05, 4.69) is 25.9 Å². The molecule has 0 aliphatic carbocycles. The second kappa shape index (κ2) is 4.61. The fourth-order valence-electron chi connectivity index (χ4n) is 2.13. The van der Waals surface area contributed by atoms with E-state index >= 15 is 0 Å². The first-order valence-corrected chi connectivity index (χ1v) is 7.54. The number of imidazole rings is 1. The number of halogens is 2. The summed E-state index contributed by atoms with van der Waals surface area (Å²) in [5.41, 5.74) is 1.62. The number of thioether (sulfide) groups is 1. The fourth-order valence-corrected chi connectivity index (χ4v) is 3.72. The van der Waals surface area contributed by atoms with Crippen molar-refractivity contribution in [1.82, 2.24) is 9.97 Å². The van der Waals surface area contributed by atoms with Crippen LogP contribution in [0.5, 0.6) is 0 Å². The molecular weight excluding hydrogens is 303 g/mol. The first kappa shape index (κ1) is 11.5. The number of hydrogen-bond donors (Lipinski definition) is 1. The van der Waals surface area contributed by atoms with Gasteiger partial charge in [-0.05, 0) is 40.6 Å². The van der Waals surface area contributed by atoms with Crippen LogP contribution in [0.4, 0.5) is 4.39 Å². The fraction of sp³-hybridized carbons (Fsp3) is 0.417. The molecule has 0 bridgehead atoms. The number of benzene rings is 1. The predicted octanol–water partition coefficient (Wildman–Crippen LogP) is 4.42. The molecule has 1 atom stereocenters. The molecular formula is C12H12BrFN2S. The topological polar surface area (TPSA) is 28.7 Å². The summed E-state index contributed by atoms with van der Waals surface area (Å²) in [7, 11) is 0. The summed E-state index contributed by atoms with van der Waals surface area (Å²) < 4.78 is 13.9. The van der Waals surface area contributed by atoms with E-state index in [1.54, 1.807) is 6.07 Å². The number of nitrogens with one attached hydrogen (secondary N) is 1. The molecule has 1 N–H and O–H groups in total. The van der Waals surface area contributed by atoms with Gasteiger partial charge in [-0.15, -0.1) is 0 Å². The third-order valence-electron chi connectivity index (χ3n) is 3.03. The van der Waals surface area contributed by atoms with E-state index in [1.807, 2.05) is 11.8 Å². The van der Waals surface area contributed by atoms with Crippen molar-refractivity contribution in [2.24, 2.45) is 0 Å². The van der Waals surface area contributed by atoms with Gasteiger partial charge in [0.2, 0.25) is 0 Å². The summed E-state index contributed by atoms with van der Waals surface area (Å²) in [5, 5.41) is 0.443. The first-order chi connectivity index (χ1) is 8.24. The molecule has 5 heteroatoms. The lowest BCUT2D eigenvalue weighted by atomic mass is 10.2. The van der Waals surface area contributed by atoms with E-state index in [0.717, 1.165) is 23.3 Å². The van der Waals surface area contributed by atoms with Gasteiger partial charge in [-0.25, -0.2) is 9.37 Å². The highest BCUT2D eigenvalue weighted by atomic mass is 79.9. The molecule has 1 fully saturated rings. The SMILES string of the molecule is Fc1cc2[nH]c(C3CCCCS3)nc2cc1Br. The summed E-state index contributed by atoms with van der Waals surface area (Å²) in [6.45, 7) is 0. The van der Waals surface area contributed by atoms with E-state index in [9.17, 15) is 4.39 Å². The predicted molar refractivity (Wildman–Crippen MR) is 72.8 cm³/mol. The van der Waals surface area contributed by atoms with E-state index < -0.39 is 0 Å². The Morgan fingerprint density at radius 1 is 1.41 bits per heavy atom. The van der Waals surface area contributed by atoms with Gasteiger partial charge in [0.25, 0.3) is 0 Å². The molecule has 1 unspecified atom stereocenters. The Morgan fingerprint density at radius 3 is 3.06 bits per heavy atom. The normalized spacial score (nSPS) is 20.9. The summed E-state index contributed by atoms with van der Waals surface area (Å²) in [6, 6.07) is 3.24. The van der Waals surface area contributed by atoms with Crippen molar-refractivity contribution in [3.8, 4) is 0 Å². The van der Waals surface area contributed by atoms with Crippen LogP contribution >= 0.6 is 27.7 Å². The molecule has 0 saturated carbocycles. The monoisotopic (exact) mass is 314 g/mol. The Hall–Kier alpha value is -0.550. The maximum Gasteiger partial charge on any atom is 0.139 e. The lowest BCUT2D eigenvalue weighted by molar-refractivity contribution is 0.623. The van der Waals surface area contributed by atoms with Crippen LogP contribution < -0.4 is 0 Å². The number of nitrogens with zero attached hydrogens (tertiary/aromatic N) is 1. The van der Waals surface area contributed by atoms with Crippen molar-refractivity contribution < 1.29 is 4.39 Å². The van der Waals surface area contributed by atoms with Crippen LogP contribution in [-0.2, 0) is 0 Å². The lowest BCUT2D eigenvalue weighted by Gasteiger charge is -2.18. The average molecular weight is 315 g/mol. The Balaban J connectivity index is 2.00. The quantitative estimate of drug-likeness (QED) is 0.844. The molecule has 2 heterocycles. The van der Waals surface area contributed by atoms with E-state index in [1.165, 1.54) is 24.7 Å². The summed E-state index contributed by atoms with van der Waals surface area (Å²) in [5.74, 6) is 1.94. The van der Waals surface area contributed by atoms with E-state index in [-0.39, 0.29) is 5.82 Å². The Kier molecular flexibility index (Phi) is 3.13. The van der Waals surface area contributed by atoms with Gasteiger partial charge in [0, 0.05) is 6.07 Å². The van der Waals surface area contributed by atoms with Gasteiger partial charge >= 0.3 is 0 Å². The van der Waals surface area contributed by atoms with Gasteiger partial charge in [-0.2, -0.15) is 11.8 Å². The molecule has 0 spiro atoms. The molecule has 1 aromatic carbocycles. The highest BCUT2D eigenvalue weighted by molar-refractivity contribution is 9.10. The minimum Gasteiger partial charge on any atom is -0.341 e. The Morgan fingerprint density at radius 2 is 2.29 bits per heavy atom. The van der Waals surface area contributed by atoms with Crippen molar-refractivity contribution in [3.05, 3.63) is 28.2 Å². The highest BCUT2D eigenvalue weighted by Crippen LogP contribution is 2.37. The molecule has 2 aromatic rings. The molecule has 17 heavy (non-hydrogen) atoms. The van der Waals surface area contributed by atoms with Gasteiger partial charge < -0.3 is 4.98 Å². The van der Waals surface area contributed by atoms with Gasteiger partial charge in [0.1, 0.15) is 11.6 Å². The molecule has 1 saturated heterocycles. The van der Waals surface area contributed by atoms with Crippen LogP contribution in [-0.4, -0.2) is 15.7 Å². The van der Waals surface area contributed by atoms with Crippen molar-refractivity contribution in [2.75, 3.05) is 5.75 Å². The molecule has 2 nitrogen and oxygen atoms in total. The molecule has 90 valence electrons. The van der Waals surface area contributed by atoms with Crippen molar-refractivity contribution >= 4 is 38.7 Å². The average Bonchev–Trinajstić information content (AvgIpc) is 2.74. The maximum absolute atomic E-state index is 13.4. The number of aromatic amines is 1. The molecule has 0 radical (unpaired) electrons. The third kappa shape index (κ3) is 2.22. The van der Waals surface area contributed by atoms with Crippen molar-refractivity contribution in [2.45, 2.75) is 24.5 Å². The Bertz CT molecular complexity index is 510. The summed E-state index contributed by atoms with van der Waals surface area (Å²) >= 11 is 5.13. The van der Waals surface area contributed by atoms with Crippen LogP contribution in [0.15, 0.2) is 16.6 Å². The van der Waals surface area contributed by atoms with E-state index in [4.69, 9.17) is 0 Å². The van der Waals surface area contributed by atoms with Gasteiger partial charge in [-0.1, -0.05) is 6.42 Å². The lowest BCUT2D eigenvalue weighted by Crippen LogP contribution is -2.03. The Labute approximate surface area is 112 Å². The number of rotatable bonds is 1. The highest BCUT2D eigenvalue weighted by Gasteiger charge is 2.19. The molecule has 1 aliphatic heterocycles. The minimum atomic E-state index is -0.246. The van der Waals surface area contributed by atoms with Crippen LogP contribution in [0.3, 0.4) is 0 Å². The van der Waals surface area contributed by atoms with Crippen molar-refractivity contribution in [3.63, 3.8) is 0 Å². The second-order valence-electron chi connectivity index (χ2n) is 4.26. The van der Waals surface area contributed by atoms with Crippen molar-refractivity contribution in [1.29, 1.82) is 0 Å². The largest absolute Gasteiger partial charge is 0.341 e. The van der Waals surface area contributed by atoms with Crippen LogP contribution in [0.1, 0.15) is 30.3 Å². The zero-order chi connectivity index (χ0) is 11.8. The zero-order valence-corrected chi connectivity index (χ0v) is 11.6. The van der Waals surface area contributed by atoms with Gasteiger partial charge in [0.15, 0.2) is 0 Å². The van der Waals surface area contributed by atoms with Gasteiger partial charge in [-0.3, -0.25) is 0 Å². The third-order valence-corrected chi connectivity index (χ3v) is 5.02. The minimum absolute atomic E-state index is 0.246. The summed E-state index contributed by atoms with van der Waals surface area (Å²) in [4.78, 5) is 7.81. The number of aromatic nitrogens is 2. The zero-order valence-electron chi connectivity index (χ0n) is 9.17.